The molecule has 5 rings (SSSR count). The Morgan fingerprint density at radius 3 is 2.55 bits per heavy atom. The summed E-state index contributed by atoms with van der Waals surface area (Å²) in [6.07, 6.45) is 5.69. The summed E-state index contributed by atoms with van der Waals surface area (Å²) in [6, 6.07) is 14.9. The number of rotatable bonds is 3. The number of ketones is 1. The quantitative estimate of drug-likeness (QED) is 0.339. The van der Waals surface area contributed by atoms with E-state index in [1.54, 1.807) is 36.4 Å². The molecule has 0 radical (unpaired) electrons. The van der Waals surface area contributed by atoms with Crippen molar-refractivity contribution < 1.29 is 19.1 Å². The van der Waals surface area contributed by atoms with Crippen LogP contribution >= 0.6 is 11.6 Å². The topological polar surface area (TPSA) is 70.8 Å². The van der Waals surface area contributed by atoms with E-state index in [4.69, 9.17) is 16.0 Å². The fraction of sp³-hybridized carbons (Fsp3) is 0.200. The van der Waals surface area contributed by atoms with Crippen LogP contribution in [0.15, 0.2) is 70.9 Å². The first-order valence-electron chi connectivity index (χ1n) is 10.3. The lowest BCUT2D eigenvalue weighted by atomic mass is 9.89. The van der Waals surface area contributed by atoms with Crippen molar-refractivity contribution in [1.29, 1.82) is 0 Å². The highest BCUT2D eigenvalue weighted by molar-refractivity contribution is 6.51. The standard InChI is InChI=1S/C25H20ClNO4/c26-18-7-3-8-19(14-18)27-22(20-9-4-12-31-20)21(24(29)25(27)30)23(28)17-11-10-15-5-1-2-6-16(15)13-17/h3-4,7-14,22,28H,1-2,5-6H2/b23-21-. The minimum Gasteiger partial charge on any atom is -0.507 e. The second kappa shape index (κ2) is 7.75. The SMILES string of the molecule is O=C1C(=O)N(c2cccc(Cl)c2)C(c2ccco2)/C1=C(/O)c1ccc2c(c1)CCCC2. The zero-order chi connectivity index (χ0) is 21.5. The molecule has 1 fully saturated rings. The number of benzene rings is 2. The van der Waals surface area contributed by atoms with Crippen LogP contribution in [0.3, 0.4) is 0 Å². The molecule has 2 heterocycles. The van der Waals surface area contributed by atoms with E-state index in [0.717, 1.165) is 25.7 Å². The van der Waals surface area contributed by atoms with Crippen molar-refractivity contribution in [2.24, 2.45) is 0 Å². The summed E-state index contributed by atoms with van der Waals surface area (Å²) in [7, 11) is 0. The maximum Gasteiger partial charge on any atom is 0.300 e. The predicted molar refractivity (Wildman–Crippen MR) is 118 cm³/mol. The van der Waals surface area contributed by atoms with Crippen molar-refractivity contribution in [3.8, 4) is 0 Å². The Morgan fingerprint density at radius 1 is 1.00 bits per heavy atom. The maximum absolute atomic E-state index is 13.1. The molecule has 1 aromatic heterocycles. The summed E-state index contributed by atoms with van der Waals surface area (Å²) >= 11 is 6.13. The molecule has 1 aliphatic carbocycles. The molecule has 5 nitrogen and oxygen atoms in total. The fourth-order valence-electron chi connectivity index (χ4n) is 4.48. The van der Waals surface area contributed by atoms with Crippen LogP contribution in [0, 0.1) is 0 Å². The van der Waals surface area contributed by atoms with Crippen molar-refractivity contribution in [2.45, 2.75) is 31.7 Å². The lowest BCUT2D eigenvalue weighted by molar-refractivity contribution is -0.132. The van der Waals surface area contributed by atoms with Gasteiger partial charge < -0.3 is 9.52 Å². The van der Waals surface area contributed by atoms with Gasteiger partial charge in [-0.2, -0.15) is 0 Å². The molecule has 1 amide bonds. The molecule has 0 spiro atoms. The van der Waals surface area contributed by atoms with Crippen LogP contribution in [0.25, 0.3) is 5.76 Å². The molecule has 3 aromatic rings. The van der Waals surface area contributed by atoms with Gasteiger partial charge in [0.2, 0.25) is 0 Å². The zero-order valence-electron chi connectivity index (χ0n) is 16.7. The van der Waals surface area contributed by atoms with Gasteiger partial charge in [0.05, 0.1) is 11.8 Å². The summed E-state index contributed by atoms with van der Waals surface area (Å²) in [5.41, 5.74) is 3.44. The molecule has 1 N–H and O–H groups in total. The van der Waals surface area contributed by atoms with E-state index in [9.17, 15) is 14.7 Å². The van der Waals surface area contributed by atoms with Crippen LogP contribution in [-0.2, 0) is 22.4 Å². The van der Waals surface area contributed by atoms with Gasteiger partial charge in [0.15, 0.2) is 0 Å². The van der Waals surface area contributed by atoms with Crippen LogP contribution in [0.1, 0.15) is 41.3 Å². The average molecular weight is 434 g/mol. The highest BCUT2D eigenvalue weighted by Crippen LogP contribution is 2.43. The second-order valence-corrected chi connectivity index (χ2v) is 8.29. The number of aliphatic hydroxyl groups is 1. The summed E-state index contributed by atoms with van der Waals surface area (Å²) in [5.74, 6) is -1.30. The lowest BCUT2D eigenvalue weighted by Crippen LogP contribution is -2.29. The van der Waals surface area contributed by atoms with E-state index in [-0.39, 0.29) is 11.3 Å². The number of nitrogens with zero attached hydrogens (tertiary/aromatic N) is 1. The molecule has 2 aliphatic rings. The Balaban J connectivity index is 1.68. The molecule has 0 saturated carbocycles. The highest BCUT2D eigenvalue weighted by Gasteiger charge is 2.48. The summed E-state index contributed by atoms with van der Waals surface area (Å²) in [5, 5.41) is 11.6. The maximum atomic E-state index is 13.1. The van der Waals surface area contributed by atoms with Gasteiger partial charge in [-0.1, -0.05) is 29.8 Å². The Labute approximate surface area is 184 Å². The van der Waals surface area contributed by atoms with E-state index in [1.807, 2.05) is 18.2 Å². The Bertz CT molecular complexity index is 1210. The normalized spacial score (nSPS) is 20.2. The van der Waals surface area contributed by atoms with E-state index in [0.29, 0.717) is 22.0 Å². The first kappa shape index (κ1) is 19.6. The van der Waals surface area contributed by atoms with Gasteiger partial charge in [-0.25, -0.2) is 0 Å². The largest absolute Gasteiger partial charge is 0.507 e. The zero-order valence-corrected chi connectivity index (χ0v) is 17.4. The van der Waals surface area contributed by atoms with E-state index < -0.39 is 17.7 Å². The number of furan rings is 1. The molecular formula is C25H20ClNO4. The Hall–Kier alpha value is -3.31. The Kier molecular flexibility index (Phi) is 4.91. The molecule has 156 valence electrons. The van der Waals surface area contributed by atoms with Crippen molar-refractivity contribution in [2.75, 3.05) is 4.90 Å². The number of aliphatic hydroxyl groups excluding tert-OH is 1. The molecule has 1 saturated heterocycles. The van der Waals surface area contributed by atoms with Crippen LogP contribution in [0.4, 0.5) is 5.69 Å². The fourth-order valence-corrected chi connectivity index (χ4v) is 4.66. The molecule has 31 heavy (non-hydrogen) atoms. The molecule has 6 heteroatoms. The van der Waals surface area contributed by atoms with Crippen LogP contribution < -0.4 is 4.90 Å². The van der Waals surface area contributed by atoms with Crippen LogP contribution in [0.5, 0.6) is 0 Å². The molecule has 1 atom stereocenters. The number of fused-ring (bicyclic) bond motifs is 1. The second-order valence-electron chi connectivity index (χ2n) is 7.85. The summed E-state index contributed by atoms with van der Waals surface area (Å²) in [4.78, 5) is 27.5. The Morgan fingerprint density at radius 2 is 1.81 bits per heavy atom. The number of amides is 1. The van der Waals surface area contributed by atoms with Crippen molar-refractivity contribution in [3.05, 3.63) is 93.9 Å². The third-order valence-electron chi connectivity index (χ3n) is 5.97. The van der Waals surface area contributed by atoms with E-state index in [1.165, 1.54) is 22.3 Å². The van der Waals surface area contributed by atoms with Gasteiger partial charge in [0, 0.05) is 16.3 Å². The van der Waals surface area contributed by atoms with Crippen LogP contribution in [0.2, 0.25) is 5.02 Å². The van der Waals surface area contributed by atoms with Crippen molar-refractivity contribution in [3.63, 3.8) is 0 Å². The van der Waals surface area contributed by atoms with Gasteiger partial charge in [-0.05, 0) is 73.2 Å². The first-order chi connectivity index (χ1) is 15.0. The summed E-state index contributed by atoms with van der Waals surface area (Å²) in [6.45, 7) is 0. The van der Waals surface area contributed by atoms with Crippen LogP contribution in [-0.4, -0.2) is 16.8 Å². The third-order valence-corrected chi connectivity index (χ3v) is 6.20. The smallest absolute Gasteiger partial charge is 0.300 e. The molecular weight excluding hydrogens is 414 g/mol. The predicted octanol–water partition coefficient (Wildman–Crippen LogP) is 5.44. The van der Waals surface area contributed by atoms with Crippen molar-refractivity contribution >= 4 is 34.7 Å². The number of hydrogen-bond donors (Lipinski definition) is 1. The monoisotopic (exact) mass is 433 g/mol. The van der Waals surface area contributed by atoms with E-state index >= 15 is 0 Å². The molecule has 2 aromatic carbocycles. The van der Waals surface area contributed by atoms with Gasteiger partial charge in [0.25, 0.3) is 11.7 Å². The first-order valence-corrected chi connectivity index (χ1v) is 10.6. The van der Waals surface area contributed by atoms with Gasteiger partial charge in [-0.3, -0.25) is 14.5 Å². The van der Waals surface area contributed by atoms with Gasteiger partial charge in [-0.15, -0.1) is 0 Å². The number of hydrogen-bond acceptors (Lipinski definition) is 4. The summed E-state index contributed by atoms with van der Waals surface area (Å²) < 4.78 is 5.58. The number of carbonyl (C=O) groups excluding carboxylic acids is 2. The number of Topliss-reactive ketones (excluding diaryl/α,β-unsaturated/α-hetero) is 1. The number of carbonyl (C=O) groups is 2. The molecule has 1 unspecified atom stereocenters. The lowest BCUT2D eigenvalue weighted by Gasteiger charge is -2.23. The van der Waals surface area contributed by atoms with E-state index in [2.05, 4.69) is 0 Å². The molecule has 1 aliphatic heterocycles. The van der Waals surface area contributed by atoms with Gasteiger partial charge >= 0.3 is 0 Å². The number of aryl methyl sites for hydroxylation is 2. The third kappa shape index (κ3) is 3.35. The average Bonchev–Trinajstić information content (AvgIpc) is 3.40. The minimum absolute atomic E-state index is 0.00989. The number of anilines is 1. The number of halogens is 1. The van der Waals surface area contributed by atoms with Gasteiger partial charge in [0.1, 0.15) is 17.6 Å². The highest BCUT2D eigenvalue weighted by atomic mass is 35.5. The van der Waals surface area contributed by atoms with Crippen molar-refractivity contribution in [1.82, 2.24) is 0 Å². The molecule has 0 bridgehead atoms. The minimum atomic E-state index is -0.885.